The van der Waals surface area contributed by atoms with E-state index in [0.717, 1.165) is 29.7 Å². The van der Waals surface area contributed by atoms with E-state index < -0.39 is 12.0 Å². The van der Waals surface area contributed by atoms with Crippen molar-refractivity contribution in [2.75, 3.05) is 29.9 Å². The summed E-state index contributed by atoms with van der Waals surface area (Å²) in [5.41, 5.74) is 1.51. The maximum Gasteiger partial charge on any atom is 0.453 e. The monoisotopic (exact) mass is 394 g/mol. The number of alkyl halides is 3. The molecule has 1 aliphatic heterocycles. The van der Waals surface area contributed by atoms with Crippen LogP contribution in [-0.2, 0) is 6.18 Å². The number of fused-ring (bicyclic) bond motifs is 1. The number of anilines is 2. The number of hydrogen-bond donors (Lipinski definition) is 1. The van der Waals surface area contributed by atoms with Crippen LogP contribution in [0.25, 0.3) is 5.78 Å². The lowest BCUT2D eigenvalue weighted by Crippen LogP contribution is -2.23. The lowest BCUT2D eigenvalue weighted by atomic mass is 10.1. The van der Waals surface area contributed by atoms with Crippen molar-refractivity contribution in [3.05, 3.63) is 47.7 Å². The van der Waals surface area contributed by atoms with Gasteiger partial charge in [0.15, 0.2) is 0 Å². The third-order valence-electron chi connectivity index (χ3n) is 4.74. The maximum atomic E-state index is 13.1. The molecule has 28 heavy (non-hydrogen) atoms. The standard InChI is InChI=1S/C18H18F4N6/c1-11-8-15(28-17(24-11)25-16(26-28)18(20,21)22)23-9-12-6-7-27(10-12)14-4-2-13(19)3-5-14/h2-5,8,12,23H,6-7,9-10H2,1H3. The van der Waals surface area contributed by atoms with E-state index in [1.165, 1.54) is 12.1 Å². The van der Waals surface area contributed by atoms with Crippen molar-refractivity contribution in [1.82, 2.24) is 19.6 Å². The SMILES string of the molecule is Cc1cc(NCC2CCN(c3ccc(F)cc3)C2)n2nc(C(F)(F)F)nc2n1. The Hall–Kier alpha value is -2.91. The first kappa shape index (κ1) is 18.5. The second kappa shape index (κ2) is 6.92. The minimum Gasteiger partial charge on any atom is -0.371 e. The molecule has 2 aromatic heterocycles. The van der Waals surface area contributed by atoms with Gasteiger partial charge in [0.05, 0.1) is 0 Å². The van der Waals surface area contributed by atoms with Crippen molar-refractivity contribution in [1.29, 1.82) is 0 Å². The van der Waals surface area contributed by atoms with Gasteiger partial charge in [-0.25, -0.2) is 9.37 Å². The number of hydrogen-bond acceptors (Lipinski definition) is 5. The normalized spacial score (nSPS) is 17.5. The van der Waals surface area contributed by atoms with Crippen LogP contribution in [0.1, 0.15) is 17.9 Å². The number of benzene rings is 1. The summed E-state index contributed by atoms with van der Waals surface area (Å²) in [6, 6.07) is 8.00. The second-order valence-corrected chi connectivity index (χ2v) is 6.89. The Kier molecular flexibility index (Phi) is 4.56. The topological polar surface area (TPSA) is 58.4 Å². The number of nitrogens with one attached hydrogen (secondary N) is 1. The molecule has 0 spiro atoms. The first-order valence-electron chi connectivity index (χ1n) is 8.85. The van der Waals surface area contributed by atoms with Crippen LogP contribution in [-0.4, -0.2) is 39.2 Å². The molecular formula is C18H18F4N6. The van der Waals surface area contributed by atoms with Gasteiger partial charge >= 0.3 is 6.18 Å². The highest BCUT2D eigenvalue weighted by molar-refractivity contribution is 5.48. The summed E-state index contributed by atoms with van der Waals surface area (Å²) in [5.74, 6) is -0.861. The third kappa shape index (κ3) is 3.71. The average Bonchev–Trinajstić information content (AvgIpc) is 3.27. The molecule has 1 unspecified atom stereocenters. The van der Waals surface area contributed by atoms with E-state index in [1.54, 1.807) is 25.1 Å². The number of halogens is 4. The summed E-state index contributed by atoms with van der Waals surface area (Å²) >= 11 is 0. The zero-order chi connectivity index (χ0) is 19.9. The predicted octanol–water partition coefficient (Wildman–Crippen LogP) is 3.53. The molecule has 4 rings (SSSR count). The Morgan fingerprint density at radius 1 is 1.18 bits per heavy atom. The van der Waals surface area contributed by atoms with Crippen LogP contribution in [0.2, 0.25) is 0 Å². The lowest BCUT2D eigenvalue weighted by molar-refractivity contribution is -0.144. The number of nitrogens with zero attached hydrogens (tertiary/aromatic N) is 5. The Balaban J connectivity index is 1.47. The average molecular weight is 394 g/mol. The minimum absolute atomic E-state index is 0.0887. The van der Waals surface area contributed by atoms with E-state index in [-0.39, 0.29) is 11.6 Å². The molecule has 3 heterocycles. The van der Waals surface area contributed by atoms with E-state index in [2.05, 4.69) is 25.3 Å². The lowest BCUT2D eigenvalue weighted by Gasteiger charge is -2.19. The predicted molar refractivity (Wildman–Crippen MR) is 95.7 cm³/mol. The van der Waals surface area contributed by atoms with Crippen molar-refractivity contribution in [2.24, 2.45) is 5.92 Å². The molecule has 3 aromatic rings. The fraction of sp³-hybridized carbons (Fsp3) is 0.389. The molecule has 0 bridgehead atoms. The molecule has 0 radical (unpaired) electrons. The molecule has 148 valence electrons. The molecule has 1 atom stereocenters. The van der Waals surface area contributed by atoms with Gasteiger partial charge < -0.3 is 10.2 Å². The molecule has 1 N–H and O–H groups in total. The maximum absolute atomic E-state index is 13.1. The van der Waals surface area contributed by atoms with E-state index in [1.807, 2.05) is 0 Å². The van der Waals surface area contributed by atoms with Gasteiger partial charge in [-0.15, -0.1) is 5.10 Å². The van der Waals surface area contributed by atoms with Crippen LogP contribution in [0, 0.1) is 18.7 Å². The fourth-order valence-electron chi connectivity index (χ4n) is 3.37. The first-order valence-corrected chi connectivity index (χ1v) is 8.85. The van der Waals surface area contributed by atoms with Crippen molar-refractivity contribution in [3.8, 4) is 0 Å². The van der Waals surface area contributed by atoms with Crippen LogP contribution >= 0.6 is 0 Å². The van der Waals surface area contributed by atoms with Gasteiger partial charge in [-0.2, -0.15) is 22.7 Å². The second-order valence-electron chi connectivity index (χ2n) is 6.89. The van der Waals surface area contributed by atoms with Crippen LogP contribution in [0.3, 0.4) is 0 Å². The van der Waals surface area contributed by atoms with Gasteiger partial charge in [0, 0.05) is 37.1 Å². The van der Waals surface area contributed by atoms with Crippen LogP contribution in [0.15, 0.2) is 30.3 Å². The number of aromatic nitrogens is 4. The van der Waals surface area contributed by atoms with Gasteiger partial charge in [-0.1, -0.05) is 0 Å². The zero-order valence-corrected chi connectivity index (χ0v) is 15.0. The van der Waals surface area contributed by atoms with Crippen molar-refractivity contribution in [2.45, 2.75) is 19.5 Å². The molecule has 1 saturated heterocycles. The molecule has 1 aromatic carbocycles. The molecule has 6 nitrogen and oxygen atoms in total. The van der Waals surface area contributed by atoms with Crippen molar-refractivity contribution < 1.29 is 17.6 Å². The molecule has 1 aliphatic rings. The van der Waals surface area contributed by atoms with E-state index in [9.17, 15) is 17.6 Å². The quantitative estimate of drug-likeness (QED) is 0.686. The van der Waals surface area contributed by atoms with E-state index in [0.29, 0.717) is 24.0 Å². The van der Waals surface area contributed by atoms with E-state index in [4.69, 9.17) is 0 Å². The highest BCUT2D eigenvalue weighted by atomic mass is 19.4. The van der Waals surface area contributed by atoms with Crippen LogP contribution in [0.4, 0.5) is 29.1 Å². The molecule has 0 saturated carbocycles. The van der Waals surface area contributed by atoms with E-state index >= 15 is 0 Å². The molecule has 0 aliphatic carbocycles. The Morgan fingerprint density at radius 3 is 2.64 bits per heavy atom. The largest absolute Gasteiger partial charge is 0.453 e. The summed E-state index contributed by atoms with van der Waals surface area (Å²) in [6.07, 6.45) is -3.71. The molecule has 1 fully saturated rings. The zero-order valence-electron chi connectivity index (χ0n) is 15.0. The van der Waals surface area contributed by atoms with Gasteiger partial charge in [0.1, 0.15) is 11.6 Å². The summed E-state index contributed by atoms with van der Waals surface area (Å²) in [4.78, 5) is 9.66. The van der Waals surface area contributed by atoms with Crippen LogP contribution in [0.5, 0.6) is 0 Å². The number of rotatable bonds is 4. The summed E-state index contributed by atoms with van der Waals surface area (Å²) in [7, 11) is 0. The summed E-state index contributed by atoms with van der Waals surface area (Å²) in [6.45, 7) is 3.87. The Morgan fingerprint density at radius 2 is 1.93 bits per heavy atom. The summed E-state index contributed by atoms with van der Waals surface area (Å²) < 4.78 is 52.9. The Bertz CT molecular complexity index is 982. The van der Waals surface area contributed by atoms with Gasteiger partial charge in [0.25, 0.3) is 11.6 Å². The van der Waals surface area contributed by atoms with Gasteiger partial charge in [0.2, 0.25) is 0 Å². The van der Waals surface area contributed by atoms with Crippen molar-refractivity contribution in [3.63, 3.8) is 0 Å². The highest BCUT2D eigenvalue weighted by Gasteiger charge is 2.37. The molecular weight excluding hydrogens is 376 g/mol. The summed E-state index contributed by atoms with van der Waals surface area (Å²) in [5, 5.41) is 6.73. The van der Waals surface area contributed by atoms with Crippen molar-refractivity contribution >= 4 is 17.3 Å². The smallest absolute Gasteiger partial charge is 0.371 e. The fourth-order valence-corrected chi connectivity index (χ4v) is 3.37. The minimum atomic E-state index is -4.63. The third-order valence-corrected chi connectivity index (χ3v) is 4.74. The van der Waals surface area contributed by atoms with Gasteiger partial charge in [-0.05, 0) is 43.5 Å². The molecule has 0 amide bonds. The Labute approximate surface area is 158 Å². The van der Waals surface area contributed by atoms with Gasteiger partial charge in [-0.3, -0.25) is 0 Å². The first-order chi connectivity index (χ1) is 13.3. The number of aryl methyl sites for hydroxylation is 1. The van der Waals surface area contributed by atoms with Crippen LogP contribution < -0.4 is 10.2 Å². The highest BCUT2D eigenvalue weighted by Crippen LogP contribution is 2.28. The molecule has 10 heteroatoms.